The van der Waals surface area contributed by atoms with Gasteiger partial charge in [-0.2, -0.15) is 13.9 Å². The number of thiazole rings is 1. The number of likely N-dealkylation sites (tertiary alicyclic amines) is 1. The normalized spacial score (nSPS) is 24.0. The average Bonchev–Trinajstić information content (AvgIpc) is 3.30. The second-order valence-corrected chi connectivity index (χ2v) is 9.44. The molecule has 0 radical (unpaired) electrons. The van der Waals surface area contributed by atoms with Crippen molar-refractivity contribution < 1.29 is 42.1 Å². The summed E-state index contributed by atoms with van der Waals surface area (Å²) in [6.45, 7) is 1.16. The molecule has 0 bridgehead atoms. The van der Waals surface area contributed by atoms with E-state index in [0.717, 1.165) is 11.3 Å². The van der Waals surface area contributed by atoms with Gasteiger partial charge in [-0.25, -0.2) is 24.0 Å². The van der Waals surface area contributed by atoms with Crippen LogP contribution >= 0.6 is 11.3 Å². The van der Waals surface area contributed by atoms with Crippen LogP contribution in [0.2, 0.25) is 0 Å². The van der Waals surface area contributed by atoms with E-state index in [0.29, 0.717) is 10.6 Å². The average molecular weight is 516 g/mol. The number of amides is 4. The summed E-state index contributed by atoms with van der Waals surface area (Å²) < 4.78 is 32.3. The van der Waals surface area contributed by atoms with Gasteiger partial charge >= 0.3 is 22.2 Å². The summed E-state index contributed by atoms with van der Waals surface area (Å²) in [7, 11) is -4.45. The lowest BCUT2D eigenvalue weighted by Crippen LogP contribution is -2.76. The van der Waals surface area contributed by atoms with Crippen molar-refractivity contribution in [2.75, 3.05) is 17.0 Å². The summed E-state index contributed by atoms with van der Waals surface area (Å²) >= 11 is 0.959. The summed E-state index contributed by atoms with van der Waals surface area (Å²) in [4.78, 5) is 58.3. The Morgan fingerprint density at radius 3 is 2.65 bits per heavy atom. The number of aryl methyl sites for hydroxylation is 1. The molecule has 2 aliphatic heterocycles. The van der Waals surface area contributed by atoms with Gasteiger partial charge in [0, 0.05) is 11.4 Å². The standard InChI is InChI=1S/C15H16N8O9S2/c1-5-2-8(31-19-5)20-34(29,30)21-14(28)23-3-6(10(23)24)17-12(27)15(7-4-33-13(16)18-7)9(11(25)26)32-22-15/h2,4,6,9,20,22H,3H2,1H3,(H2,16,18)(H,17,27)(H,21,28)(H,25,26)/t6?,9-,15?/m1/s1. The number of hydroxylamine groups is 1. The van der Waals surface area contributed by atoms with Crippen LogP contribution in [0.15, 0.2) is 16.0 Å². The number of anilines is 2. The van der Waals surface area contributed by atoms with Crippen LogP contribution in [0.1, 0.15) is 11.4 Å². The molecule has 19 heteroatoms. The predicted molar refractivity (Wildman–Crippen MR) is 110 cm³/mol. The smallest absolute Gasteiger partial charge is 0.339 e. The number of carboxylic acids is 1. The number of nitrogens with one attached hydrogen (secondary N) is 4. The molecule has 3 atom stereocenters. The highest BCUT2D eigenvalue weighted by atomic mass is 32.2. The minimum absolute atomic E-state index is 0.0349. The topological polar surface area (TPSA) is 248 Å². The van der Waals surface area contributed by atoms with Gasteiger partial charge in [0.25, 0.3) is 11.8 Å². The second-order valence-electron chi connectivity index (χ2n) is 7.14. The summed E-state index contributed by atoms with van der Waals surface area (Å²) in [5.74, 6) is -3.63. The molecule has 182 valence electrons. The SMILES string of the molecule is Cc1cc(NS(=O)(=O)NC(=O)N2CC(NC(=O)C3(c4csc(N)n4)NO[C@@H]3C(=O)O)C2=O)on1. The van der Waals surface area contributed by atoms with Crippen LogP contribution in [0.25, 0.3) is 0 Å². The Balaban J connectivity index is 1.39. The van der Waals surface area contributed by atoms with Gasteiger partial charge in [-0.15, -0.1) is 11.3 Å². The fraction of sp³-hybridized carbons (Fsp3) is 0.333. The van der Waals surface area contributed by atoms with Gasteiger partial charge < -0.3 is 20.7 Å². The molecule has 4 rings (SSSR count). The minimum Gasteiger partial charge on any atom is -0.479 e. The fourth-order valence-corrected chi connectivity index (χ4v) is 4.51. The zero-order valence-corrected chi connectivity index (χ0v) is 18.6. The Morgan fingerprint density at radius 1 is 1.41 bits per heavy atom. The summed E-state index contributed by atoms with van der Waals surface area (Å²) in [5, 5.41) is 16.6. The Morgan fingerprint density at radius 2 is 2.15 bits per heavy atom. The van der Waals surface area contributed by atoms with Crippen molar-refractivity contribution >= 4 is 56.4 Å². The van der Waals surface area contributed by atoms with Gasteiger partial charge in [-0.1, -0.05) is 5.16 Å². The molecule has 2 aromatic heterocycles. The van der Waals surface area contributed by atoms with E-state index in [2.05, 4.69) is 25.5 Å². The minimum atomic E-state index is -4.45. The highest BCUT2D eigenvalue weighted by Gasteiger charge is 2.62. The monoisotopic (exact) mass is 516 g/mol. The van der Waals surface area contributed by atoms with Crippen molar-refractivity contribution in [1.82, 2.24) is 30.6 Å². The summed E-state index contributed by atoms with van der Waals surface area (Å²) in [5.41, 5.74) is 6.23. The van der Waals surface area contributed by atoms with E-state index >= 15 is 0 Å². The fourth-order valence-electron chi connectivity index (χ4n) is 3.14. The number of aliphatic carboxylic acids is 1. The lowest BCUT2D eigenvalue weighted by molar-refractivity contribution is -0.235. The third kappa shape index (κ3) is 4.00. The highest BCUT2D eigenvalue weighted by Crippen LogP contribution is 2.36. The van der Waals surface area contributed by atoms with E-state index in [1.165, 1.54) is 11.4 Å². The van der Waals surface area contributed by atoms with Crippen molar-refractivity contribution in [3.63, 3.8) is 0 Å². The maximum Gasteiger partial charge on any atom is 0.339 e. The summed E-state index contributed by atoms with van der Waals surface area (Å²) in [6, 6.07) is -1.26. The first-order valence-electron chi connectivity index (χ1n) is 9.20. The first-order chi connectivity index (χ1) is 15.9. The Kier molecular flexibility index (Phi) is 5.63. The molecule has 34 heavy (non-hydrogen) atoms. The van der Waals surface area contributed by atoms with Gasteiger partial charge in [0.15, 0.2) is 5.13 Å². The number of nitrogen functional groups attached to an aromatic ring is 1. The van der Waals surface area contributed by atoms with E-state index < -0.39 is 51.7 Å². The number of nitrogens with two attached hydrogens (primary N) is 1. The molecule has 4 heterocycles. The second kappa shape index (κ2) is 8.20. The van der Waals surface area contributed by atoms with Crippen LogP contribution in [-0.4, -0.2) is 71.1 Å². The number of β-lactam (4-membered cyclic amide) rings is 1. The van der Waals surface area contributed by atoms with Crippen LogP contribution in [0.5, 0.6) is 0 Å². The van der Waals surface area contributed by atoms with Crippen molar-refractivity contribution in [1.29, 1.82) is 0 Å². The van der Waals surface area contributed by atoms with E-state index in [1.54, 1.807) is 11.6 Å². The molecule has 0 aromatic carbocycles. The molecule has 0 aliphatic carbocycles. The van der Waals surface area contributed by atoms with Crippen LogP contribution in [-0.2, 0) is 35.0 Å². The van der Waals surface area contributed by atoms with Gasteiger partial charge in [-0.05, 0) is 6.92 Å². The molecule has 2 aromatic rings. The Hall–Kier alpha value is -3.81. The van der Waals surface area contributed by atoms with Crippen molar-refractivity contribution in [3.05, 3.63) is 22.8 Å². The highest BCUT2D eigenvalue weighted by molar-refractivity contribution is 7.91. The number of aromatic nitrogens is 2. The van der Waals surface area contributed by atoms with E-state index in [4.69, 9.17) is 10.6 Å². The number of hydrogen-bond donors (Lipinski definition) is 6. The van der Waals surface area contributed by atoms with Crippen molar-refractivity contribution in [2.24, 2.45) is 0 Å². The number of carboxylic acid groups (broad SMARTS) is 1. The van der Waals surface area contributed by atoms with Crippen LogP contribution in [0.4, 0.5) is 15.8 Å². The molecule has 2 unspecified atom stereocenters. The molecule has 2 fully saturated rings. The van der Waals surface area contributed by atoms with Crippen molar-refractivity contribution in [3.8, 4) is 0 Å². The largest absolute Gasteiger partial charge is 0.479 e. The molecule has 7 N–H and O–H groups in total. The number of carbonyl (C=O) groups is 4. The van der Waals surface area contributed by atoms with Crippen LogP contribution < -0.4 is 26.0 Å². The molecular formula is C15H16N8O9S2. The first kappa shape index (κ1) is 23.4. The van der Waals surface area contributed by atoms with Gasteiger partial charge in [-0.3, -0.25) is 19.3 Å². The molecule has 0 spiro atoms. The Bertz CT molecular complexity index is 1290. The van der Waals surface area contributed by atoms with Gasteiger partial charge in [0.2, 0.25) is 17.5 Å². The van der Waals surface area contributed by atoms with Crippen molar-refractivity contribution in [2.45, 2.75) is 24.6 Å². The molecule has 4 amide bonds. The summed E-state index contributed by atoms with van der Waals surface area (Å²) in [6.07, 6.45) is -1.67. The lowest BCUT2D eigenvalue weighted by Gasteiger charge is -2.46. The first-order valence-corrected chi connectivity index (χ1v) is 11.6. The Labute approximate surface area is 193 Å². The van der Waals surface area contributed by atoms with Gasteiger partial charge in [0.1, 0.15) is 6.04 Å². The lowest BCUT2D eigenvalue weighted by atomic mass is 9.85. The number of urea groups is 1. The third-order valence-corrected chi connectivity index (χ3v) is 6.39. The zero-order valence-electron chi connectivity index (χ0n) is 17.0. The number of imide groups is 1. The maximum absolute atomic E-state index is 12.9. The van der Waals surface area contributed by atoms with Crippen LogP contribution in [0, 0.1) is 6.92 Å². The number of nitrogens with zero attached hydrogens (tertiary/aromatic N) is 3. The maximum atomic E-state index is 12.9. The molecule has 2 saturated heterocycles. The van der Waals surface area contributed by atoms with E-state index in [1.807, 2.05) is 4.72 Å². The quantitative estimate of drug-likeness (QED) is 0.210. The van der Waals surface area contributed by atoms with E-state index in [-0.39, 0.29) is 23.3 Å². The molecule has 17 nitrogen and oxygen atoms in total. The molecular weight excluding hydrogens is 500 g/mol. The zero-order chi connectivity index (χ0) is 24.8. The number of carbonyl (C=O) groups excluding carboxylic acids is 3. The molecule has 0 saturated carbocycles. The third-order valence-electron chi connectivity index (χ3n) is 4.80. The van der Waals surface area contributed by atoms with Gasteiger partial charge in [0.05, 0.1) is 17.9 Å². The van der Waals surface area contributed by atoms with E-state index in [9.17, 15) is 32.7 Å². The van der Waals surface area contributed by atoms with Crippen LogP contribution in [0.3, 0.4) is 0 Å². The number of hydrogen-bond acceptors (Lipinski definition) is 13. The molecule has 2 aliphatic rings. The number of rotatable bonds is 7. The predicted octanol–water partition coefficient (Wildman–Crippen LogP) is -2.40.